The summed E-state index contributed by atoms with van der Waals surface area (Å²) in [5.41, 5.74) is 1.14. The average molecular weight is 264 g/mol. The number of benzene rings is 1. The lowest BCUT2D eigenvalue weighted by Gasteiger charge is -2.06. The minimum absolute atomic E-state index is 0.253. The molecule has 0 heterocycles. The first-order chi connectivity index (χ1) is 8.65. The van der Waals surface area contributed by atoms with Gasteiger partial charge in [-0.15, -0.1) is 11.8 Å². The predicted molar refractivity (Wildman–Crippen MR) is 71.6 cm³/mol. The maximum Gasteiger partial charge on any atom is 0.321 e. The van der Waals surface area contributed by atoms with Crippen LogP contribution in [0.15, 0.2) is 29.2 Å². The monoisotopic (exact) mass is 264 g/mol. The van der Waals surface area contributed by atoms with Gasteiger partial charge >= 0.3 is 6.03 Å². The Balaban J connectivity index is 1.74. The van der Waals surface area contributed by atoms with E-state index in [2.05, 4.69) is 10.6 Å². The average Bonchev–Trinajstić information content (AvgIpc) is 3.11. The van der Waals surface area contributed by atoms with Gasteiger partial charge in [0.25, 0.3) is 0 Å². The van der Waals surface area contributed by atoms with Crippen LogP contribution < -0.4 is 10.6 Å². The summed E-state index contributed by atoms with van der Waals surface area (Å²) >= 11 is 1.44. The summed E-state index contributed by atoms with van der Waals surface area (Å²) in [5, 5.41) is 5.05. The van der Waals surface area contributed by atoms with E-state index in [1.165, 1.54) is 11.8 Å². The molecule has 0 atom stereocenters. The Morgan fingerprint density at radius 3 is 2.72 bits per heavy atom. The number of hydrogen-bond acceptors (Lipinski definition) is 3. The van der Waals surface area contributed by atoms with Crippen LogP contribution in [-0.4, -0.2) is 23.7 Å². The van der Waals surface area contributed by atoms with Crippen molar-refractivity contribution >= 4 is 23.7 Å². The lowest BCUT2D eigenvalue weighted by molar-refractivity contribution is -0.117. The highest BCUT2D eigenvalue weighted by atomic mass is 32.2. The smallest absolute Gasteiger partial charge is 0.321 e. The second kappa shape index (κ2) is 5.91. The number of rotatable bonds is 4. The van der Waals surface area contributed by atoms with Crippen molar-refractivity contribution < 1.29 is 9.59 Å². The molecule has 2 N–H and O–H groups in total. The zero-order valence-corrected chi connectivity index (χ0v) is 11.0. The van der Waals surface area contributed by atoms with Crippen LogP contribution >= 0.6 is 11.8 Å². The third-order valence-electron chi connectivity index (χ3n) is 2.62. The molecule has 0 bridgehead atoms. The maximum absolute atomic E-state index is 11.5. The van der Waals surface area contributed by atoms with Crippen LogP contribution in [0.2, 0.25) is 0 Å². The van der Waals surface area contributed by atoms with Gasteiger partial charge in [-0.05, 0) is 31.4 Å². The summed E-state index contributed by atoms with van der Waals surface area (Å²) < 4.78 is 0. The van der Waals surface area contributed by atoms with E-state index >= 15 is 0 Å². The highest BCUT2D eigenvalue weighted by molar-refractivity contribution is 8.00. The predicted octanol–water partition coefficient (Wildman–Crippen LogP) is 2.08. The van der Waals surface area contributed by atoms with Crippen LogP contribution in [0.1, 0.15) is 18.4 Å². The topological polar surface area (TPSA) is 58.2 Å². The van der Waals surface area contributed by atoms with Crippen molar-refractivity contribution in [1.29, 1.82) is 0 Å². The number of carbonyl (C=O) groups excluding carboxylic acids is 2. The zero-order valence-electron chi connectivity index (χ0n) is 10.2. The van der Waals surface area contributed by atoms with E-state index in [-0.39, 0.29) is 23.7 Å². The molecule has 1 fully saturated rings. The summed E-state index contributed by atoms with van der Waals surface area (Å²) in [5.74, 6) is -0.00967. The van der Waals surface area contributed by atoms with Gasteiger partial charge in [0.1, 0.15) is 0 Å². The molecule has 1 saturated carbocycles. The van der Waals surface area contributed by atoms with E-state index in [4.69, 9.17) is 0 Å². The quantitative estimate of drug-likeness (QED) is 0.819. The van der Waals surface area contributed by atoms with E-state index in [0.717, 1.165) is 23.3 Å². The first kappa shape index (κ1) is 13.0. The first-order valence-corrected chi connectivity index (χ1v) is 6.92. The van der Waals surface area contributed by atoms with Gasteiger partial charge in [-0.25, -0.2) is 4.79 Å². The molecule has 1 aliphatic rings. The Hall–Kier alpha value is -1.49. The molecule has 5 heteroatoms. The summed E-state index contributed by atoms with van der Waals surface area (Å²) in [6.45, 7) is 2.00. The van der Waals surface area contributed by atoms with Gasteiger partial charge in [0.15, 0.2) is 0 Å². The zero-order chi connectivity index (χ0) is 13.0. The Labute approximate surface area is 111 Å². The van der Waals surface area contributed by atoms with Crippen molar-refractivity contribution in [3.63, 3.8) is 0 Å². The Morgan fingerprint density at radius 2 is 2.06 bits per heavy atom. The van der Waals surface area contributed by atoms with Gasteiger partial charge in [0, 0.05) is 10.9 Å². The molecule has 2 rings (SSSR count). The molecule has 0 saturated heterocycles. The molecule has 1 aliphatic carbocycles. The van der Waals surface area contributed by atoms with Crippen molar-refractivity contribution in [2.45, 2.75) is 30.7 Å². The Kier molecular flexibility index (Phi) is 4.25. The molecule has 1 aromatic carbocycles. The van der Waals surface area contributed by atoms with E-state index < -0.39 is 0 Å². The third-order valence-corrected chi connectivity index (χ3v) is 3.79. The second-order valence-corrected chi connectivity index (χ2v) is 5.37. The van der Waals surface area contributed by atoms with Gasteiger partial charge in [-0.3, -0.25) is 10.1 Å². The standard InChI is InChI=1S/C13H16N2O2S/c1-9-4-2-3-5-11(9)18-8-12(16)15-13(17)14-10-6-7-10/h2-5,10H,6-8H2,1H3,(H2,14,15,16,17). The van der Waals surface area contributed by atoms with Crippen molar-refractivity contribution in [2.75, 3.05) is 5.75 Å². The van der Waals surface area contributed by atoms with Crippen LogP contribution in [0.4, 0.5) is 4.79 Å². The van der Waals surface area contributed by atoms with E-state index in [9.17, 15) is 9.59 Å². The van der Waals surface area contributed by atoms with Crippen LogP contribution in [0.25, 0.3) is 0 Å². The molecule has 3 amide bonds. The lowest BCUT2D eigenvalue weighted by Crippen LogP contribution is -2.41. The number of aryl methyl sites for hydroxylation is 1. The third kappa shape index (κ3) is 4.07. The molecule has 0 aromatic heterocycles. The minimum Gasteiger partial charge on any atom is -0.335 e. The molecule has 0 unspecified atom stereocenters. The van der Waals surface area contributed by atoms with Crippen molar-refractivity contribution in [1.82, 2.24) is 10.6 Å². The molecule has 0 aliphatic heterocycles. The highest BCUT2D eigenvalue weighted by Gasteiger charge is 2.23. The van der Waals surface area contributed by atoms with Crippen molar-refractivity contribution in [3.8, 4) is 0 Å². The summed E-state index contributed by atoms with van der Waals surface area (Å²) in [7, 11) is 0. The number of carbonyl (C=O) groups is 2. The van der Waals surface area contributed by atoms with Crippen LogP contribution in [0, 0.1) is 6.92 Å². The molecule has 1 aromatic rings. The van der Waals surface area contributed by atoms with E-state index in [0.29, 0.717) is 0 Å². The number of nitrogens with one attached hydrogen (secondary N) is 2. The Morgan fingerprint density at radius 1 is 1.33 bits per heavy atom. The fourth-order valence-corrected chi connectivity index (χ4v) is 2.30. The number of imide groups is 1. The minimum atomic E-state index is -0.382. The summed E-state index contributed by atoms with van der Waals surface area (Å²) in [6.07, 6.45) is 2.03. The maximum atomic E-state index is 11.5. The van der Waals surface area contributed by atoms with Gasteiger partial charge in [0.05, 0.1) is 5.75 Å². The Bertz CT molecular complexity index is 458. The molecular formula is C13H16N2O2S. The van der Waals surface area contributed by atoms with E-state index in [1.54, 1.807) is 0 Å². The van der Waals surface area contributed by atoms with Crippen molar-refractivity contribution in [2.24, 2.45) is 0 Å². The highest BCUT2D eigenvalue weighted by Crippen LogP contribution is 2.21. The van der Waals surface area contributed by atoms with Gasteiger partial charge < -0.3 is 5.32 Å². The molecule has 96 valence electrons. The molecule has 4 nitrogen and oxygen atoms in total. The van der Waals surface area contributed by atoms with E-state index in [1.807, 2.05) is 31.2 Å². The molecule has 0 radical (unpaired) electrons. The number of thioether (sulfide) groups is 1. The normalized spacial score (nSPS) is 14.1. The largest absolute Gasteiger partial charge is 0.335 e. The van der Waals surface area contributed by atoms with Crippen molar-refractivity contribution in [3.05, 3.63) is 29.8 Å². The summed E-state index contributed by atoms with van der Waals surface area (Å²) in [6, 6.07) is 7.75. The lowest BCUT2D eigenvalue weighted by atomic mass is 10.2. The number of amides is 3. The van der Waals surface area contributed by atoms with Gasteiger partial charge in [-0.1, -0.05) is 18.2 Å². The van der Waals surface area contributed by atoms with Gasteiger partial charge in [0.2, 0.25) is 5.91 Å². The molecular weight excluding hydrogens is 248 g/mol. The number of urea groups is 1. The summed E-state index contributed by atoms with van der Waals surface area (Å²) in [4.78, 5) is 23.9. The molecule has 0 spiro atoms. The fourth-order valence-electron chi connectivity index (χ4n) is 1.47. The van der Waals surface area contributed by atoms with Crippen LogP contribution in [-0.2, 0) is 4.79 Å². The van der Waals surface area contributed by atoms with Crippen LogP contribution in [0.5, 0.6) is 0 Å². The molecule has 18 heavy (non-hydrogen) atoms. The van der Waals surface area contributed by atoms with Gasteiger partial charge in [-0.2, -0.15) is 0 Å². The van der Waals surface area contributed by atoms with Crippen LogP contribution in [0.3, 0.4) is 0 Å². The number of hydrogen-bond donors (Lipinski definition) is 2. The second-order valence-electron chi connectivity index (χ2n) is 4.35. The first-order valence-electron chi connectivity index (χ1n) is 5.94. The SMILES string of the molecule is Cc1ccccc1SCC(=O)NC(=O)NC1CC1. The fraction of sp³-hybridized carbons (Fsp3) is 0.385.